The van der Waals surface area contributed by atoms with Crippen molar-refractivity contribution in [2.45, 2.75) is 51.0 Å². The Labute approximate surface area is 205 Å². The summed E-state index contributed by atoms with van der Waals surface area (Å²) in [5.41, 5.74) is 1.46. The number of carbonyl (C=O) groups is 1. The molecule has 1 aliphatic heterocycles. The number of methoxy groups -OCH3 is 1. The number of likely N-dealkylation sites (tertiary alicyclic amines) is 1. The van der Waals surface area contributed by atoms with E-state index in [-0.39, 0.29) is 17.8 Å². The van der Waals surface area contributed by atoms with E-state index in [4.69, 9.17) is 14.0 Å². The number of aromatic nitrogens is 1. The summed E-state index contributed by atoms with van der Waals surface area (Å²) in [5, 5.41) is 4.93. The van der Waals surface area contributed by atoms with Crippen LogP contribution in [0.2, 0.25) is 0 Å². The van der Waals surface area contributed by atoms with E-state index in [1.165, 1.54) is 12.1 Å². The molecule has 35 heavy (non-hydrogen) atoms. The standard InChI is InChI=1S/C28H31FN2O4/c1-3-5-23(34-26-10-7-20(13-17-32)18-27(26)33-2)6-4-14-31-15-11-21(12-16-31)28-24-9-8-22(29)19-25(24)30-35-28/h7-10,17-19,21,23H,3,5,11-16H2,1-2H3. The molecule has 0 spiro atoms. The Hall–Kier alpha value is -3.37. The first-order valence-corrected chi connectivity index (χ1v) is 12.1. The smallest absolute Gasteiger partial charge is 0.163 e. The van der Waals surface area contributed by atoms with Crippen molar-refractivity contribution in [2.75, 3.05) is 26.7 Å². The predicted octanol–water partition coefficient (Wildman–Crippen LogP) is 5.15. The molecule has 0 N–H and O–H groups in total. The molecular formula is C28H31FN2O4. The van der Waals surface area contributed by atoms with Crippen LogP contribution in [0.1, 0.15) is 49.8 Å². The number of aldehydes is 1. The summed E-state index contributed by atoms with van der Waals surface area (Å²) >= 11 is 0. The van der Waals surface area contributed by atoms with Gasteiger partial charge in [-0.3, -0.25) is 4.90 Å². The third kappa shape index (κ3) is 6.20. The number of carbonyl (C=O) groups excluding carboxylic acids is 1. The summed E-state index contributed by atoms with van der Waals surface area (Å²) in [4.78, 5) is 13.1. The van der Waals surface area contributed by atoms with Crippen molar-refractivity contribution in [1.82, 2.24) is 10.1 Å². The second kappa shape index (κ2) is 11.9. The number of benzene rings is 2. The molecule has 1 fully saturated rings. The quantitative estimate of drug-likeness (QED) is 0.313. The topological polar surface area (TPSA) is 64.8 Å². The van der Waals surface area contributed by atoms with Crippen LogP contribution in [0.3, 0.4) is 0 Å². The maximum Gasteiger partial charge on any atom is 0.163 e. The van der Waals surface area contributed by atoms with Crippen LogP contribution in [-0.4, -0.2) is 49.2 Å². The van der Waals surface area contributed by atoms with Gasteiger partial charge in [0.1, 0.15) is 23.4 Å². The summed E-state index contributed by atoms with van der Waals surface area (Å²) in [7, 11) is 1.59. The molecule has 1 aliphatic rings. The zero-order chi connectivity index (χ0) is 24.6. The average Bonchev–Trinajstić information content (AvgIpc) is 3.28. The summed E-state index contributed by atoms with van der Waals surface area (Å²) in [6, 6.07) is 10.2. The molecule has 0 aliphatic carbocycles. The number of fused-ring (bicyclic) bond motifs is 1. The minimum Gasteiger partial charge on any atom is -0.493 e. The minimum absolute atomic E-state index is 0.232. The van der Waals surface area contributed by atoms with Crippen LogP contribution in [0.25, 0.3) is 10.9 Å². The molecule has 1 atom stereocenters. The lowest BCUT2D eigenvalue weighted by molar-refractivity contribution is -0.107. The highest BCUT2D eigenvalue weighted by molar-refractivity contribution is 5.80. The van der Waals surface area contributed by atoms with Gasteiger partial charge in [0.25, 0.3) is 0 Å². The molecule has 4 rings (SSSR count). The Balaban J connectivity index is 1.33. The number of nitrogens with zero attached hydrogens (tertiary/aromatic N) is 2. The third-order valence-electron chi connectivity index (χ3n) is 6.36. The summed E-state index contributed by atoms with van der Waals surface area (Å²) in [5.74, 6) is 8.66. The molecule has 0 bridgehead atoms. The van der Waals surface area contributed by atoms with E-state index in [0.717, 1.165) is 61.8 Å². The van der Waals surface area contributed by atoms with Crippen LogP contribution in [0.5, 0.6) is 11.5 Å². The molecule has 1 saturated heterocycles. The van der Waals surface area contributed by atoms with Crippen molar-refractivity contribution in [2.24, 2.45) is 0 Å². The Kier molecular flexibility index (Phi) is 8.38. The molecule has 0 radical (unpaired) electrons. The van der Waals surface area contributed by atoms with Gasteiger partial charge in [0.05, 0.1) is 13.7 Å². The summed E-state index contributed by atoms with van der Waals surface area (Å²) in [6.45, 7) is 4.60. The number of ether oxygens (including phenoxy) is 2. The molecule has 2 aromatic carbocycles. The fraction of sp³-hybridized carbons (Fsp3) is 0.429. The Morgan fingerprint density at radius 1 is 1.23 bits per heavy atom. The number of hydrogen-bond acceptors (Lipinski definition) is 6. The second-order valence-corrected chi connectivity index (χ2v) is 8.83. The first-order valence-electron chi connectivity index (χ1n) is 12.1. The van der Waals surface area contributed by atoms with Gasteiger partial charge in [-0.2, -0.15) is 0 Å². The van der Waals surface area contributed by atoms with Gasteiger partial charge >= 0.3 is 0 Å². The molecule has 1 aromatic heterocycles. The normalized spacial score (nSPS) is 15.4. The molecule has 0 amide bonds. The highest BCUT2D eigenvalue weighted by Crippen LogP contribution is 2.33. The molecule has 2 heterocycles. The molecule has 7 heteroatoms. The van der Waals surface area contributed by atoms with E-state index in [1.54, 1.807) is 13.2 Å². The largest absolute Gasteiger partial charge is 0.493 e. The third-order valence-corrected chi connectivity index (χ3v) is 6.36. The van der Waals surface area contributed by atoms with E-state index in [1.807, 2.05) is 18.2 Å². The van der Waals surface area contributed by atoms with Crippen molar-refractivity contribution < 1.29 is 23.2 Å². The SMILES string of the molecule is CCCC(C#CCN1CCC(c2onc3cc(F)ccc23)CC1)Oc1ccc(CC=O)cc1OC. The number of rotatable bonds is 9. The first-order chi connectivity index (χ1) is 17.1. The fourth-order valence-electron chi connectivity index (χ4n) is 4.46. The van der Waals surface area contributed by atoms with Gasteiger partial charge in [-0.05, 0) is 62.2 Å². The monoisotopic (exact) mass is 478 g/mol. The minimum atomic E-state index is -0.301. The van der Waals surface area contributed by atoms with Crippen molar-refractivity contribution in [3.05, 3.63) is 53.5 Å². The first kappa shape index (κ1) is 24.7. The molecule has 6 nitrogen and oxygen atoms in total. The van der Waals surface area contributed by atoms with Gasteiger partial charge in [0, 0.05) is 23.8 Å². The van der Waals surface area contributed by atoms with Gasteiger partial charge in [-0.15, -0.1) is 0 Å². The van der Waals surface area contributed by atoms with Crippen molar-refractivity contribution >= 4 is 17.2 Å². The Morgan fingerprint density at radius 2 is 2.06 bits per heavy atom. The Morgan fingerprint density at radius 3 is 2.80 bits per heavy atom. The van der Waals surface area contributed by atoms with Crippen LogP contribution in [0, 0.1) is 17.7 Å². The van der Waals surface area contributed by atoms with E-state index in [9.17, 15) is 9.18 Å². The van der Waals surface area contributed by atoms with Crippen LogP contribution < -0.4 is 9.47 Å². The van der Waals surface area contributed by atoms with Crippen LogP contribution in [0.4, 0.5) is 4.39 Å². The van der Waals surface area contributed by atoms with Gasteiger partial charge in [-0.1, -0.05) is 36.4 Å². The van der Waals surface area contributed by atoms with Gasteiger partial charge in [0.2, 0.25) is 0 Å². The number of piperidine rings is 1. The second-order valence-electron chi connectivity index (χ2n) is 8.83. The molecule has 0 saturated carbocycles. The lowest BCUT2D eigenvalue weighted by Gasteiger charge is -2.29. The van der Waals surface area contributed by atoms with Crippen molar-refractivity contribution in [3.8, 4) is 23.3 Å². The van der Waals surface area contributed by atoms with Crippen LogP contribution in [0.15, 0.2) is 40.9 Å². The molecule has 1 unspecified atom stereocenters. The lowest BCUT2D eigenvalue weighted by Crippen LogP contribution is -2.33. The number of halogens is 1. The van der Waals surface area contributed by atoms with Crippen LogP contribution in [-0.2, 0) is 11.2 Å². The lowest BCUT2D eigenvalue weighted by atomic mass is 9.92. The molecule has 184 valence electrons. The van der Waals surface area contributed by atoms with Gasteiger partial charge in [-0.25, -0.2) is 4.39 Å². The maximum atomic E-state index is 13.4. The Bertz CT molecular complexity index is 1200. The highest BCUT2D eigenvalue weighted by atomic mass is 19.1. The van der Waals surface area contributed by atoms with E-state index in [0.29, 0.717) is 30.0 Å². The van der Waals surface area contributed by atoms with Gasteiger partial charge in [0.15, 0.2) is 17.6 Å². The van der Waals surface area contributed by atoms with E-state index in [2.05, 4.69) is 28.8 Å². The zero-order valence-electron chi connectivity index (χ0n) is 20.3. The molecule has 3 aromatic rings. The fourth-order valence-corrected chi connectivity index (χ4v) is 4.46. The molecular weight excluding hydrogens is 447 g/mol. The summed E-state index contributed by atoms with van der Waals surface area (Å²) in [6.07, 6.45) is 4.64. The highest BCUT2D eigenvalue weighted by Gasteiger charge is 2.25. The summed E-state index contributed by atoms with van der Waals surface area (Å²) < 4.78 is 30.6. The average molecular weight is 479 g/mol. The number of hydrogen-bond donors (Lipinski definition) is 0. The van der Waals surface area contributed by atoms with Crippen LogP contribution >= 0.6 is 0 Å². The van der Waals surface area contributed by atoms with Gasteiger partial charge < -0.3 is 18.8 Å². The zero-order valence-corrected chi connectivity index (χ0v) is 20.3. The predicted molar refractivity (Wildman–Crippen MR) is 132 cm³/mol. The van der Waals surface area contributed by atoms with E-state index >= 15 is 0 Å². The van der Waals surface area contributed by atoms with Crippen molar-refractivity contribution in [1.29, 1.82) is 0 Å². The van der Waals surface area contributed by atoms with E-state index < -0.39 is 0 Å². The maximum absolute atomic E-state index is 13.4. The van der Waals surface area contributed by atoms with Crippen molar-refractivity contribution in [3.63, 3.8) is 0 Å².